The molecule has 2 heterocycles. The monoisotopic (exact) mass is 470 g/mol. The van der Waals surface area contributed by atoms with E-state index in [4.69, 9.17) is 4.42 Å². The van der Waals surface area contributed by atoms with Gasteiger partial charge in [0, 0.05) is 16.3 Å². The van der Waals surface area contributed by atoms with Crippen LogP contribution >= 0.6 is 0 Å². The summed E-state index contributed by atoms with van der Waals surface area (Å²) in [6.45, 7) is 2.00. The Bertz CT molecular complexity index is 1830. The van der Waals surface area contributed by atoms with Crippen LogP contribution in [-0.4, -0.2) is 4.98 Å². The van der Waals surface area contributed by atoms with Crippen molar-refractivity contribution in [2.45, 2.75) is 6.92 Å². The smallest absolute Gasteiger partial charge is 0.277 e. The van der Waals surface area contributed by atoms with Crippen LogP contribution in [0.2, 0.25) is 0 Å². The van der Waals surface area contributed by atoms with Crippen molar-refractivity contribution in [3.63, 3.8) is 0 Å². The van der Waals surface area contributed by atoms with Crippen LogP contribution in [0.15, 0.2) is 95.7 Å². The Morgan fingerprint density at radius 1 is 0.833 bits per heavy atom. The predicted octanol–water partition coefficient (Wildman–Crippen LogP) is 7.13. The van der Waals surface area contributed by atoms with Crippen LogP contribution in [0.1, 0.15) is 11.1 Å². The van der Waals surface area contributed by atoms with E-state index in [0.717, 1.165) is 49.8 Å². The number of hydrogen-bond acceptors (Lipinski definition) is 3. The topological polar surface area (TPSA) is 53.7 Å². The summed E-state index contributed by atoms with van der Waals surface area (Å²) in [5.41, 5.74) is 8.28. The van der Waals surface area contributed by atoms with Gasteiger partial charge in [-0.15, -0.1) is 0 Å². The van der Waals surface area contributed by atoms with Gasteiger partial charge in [0.25, 0.3) is 5.95 Å². The highest BCUT2D eigenvalue weighted by molar-refractivity contribution is 6.14. The van der Waals surface area contributed by atoms with Gasteiger partial charge in [-0.3, -0.25) is 0 Å². The maximum Gasteiger partial charge on any atom is 0.277 e. The summed E-state index contributed by atoms with van der Waals surface area (Å²) in [4.78, 5) is 3.88. The average Bonchev–Trinajstić information content (AvgIpc) is 3.28. The summed E-state index contributed by atoms with van der Waals surface area (Å²) < 4.78 is 22.0. The van der Waals surface area contributed by atoms with E-state index in [0.29, 0.717) is 16.7 Å². The predicted molar refractivity (Wildman–Crippen MR) is 138 cm³/mol. The van der Waals surface area contributed by atoms with E-state index in [2.05, 4.69) is 35.3 Å². The molecule has 0 aliphatic carbocycles. The molecule has 2 aromatic heterocycles. The molecule has 0 aliphatic heterocycles. The molecule has 0 amide bonds. The summed E-state index contributed by atoms with van der Waals surface area (Å²) in [6, 6.07) is 28.5. The summed E-state index contributed by atoms with van der Waals surface area (Å²) >= 11 is 0. The van der Waals surface area contributed by atoms with Crippen molar-refractivity contribution >= 4 is 21.9 Å². The molecular formula is C31H21FN3O+. The second kappa shape index (κ2) is 8.44. The maximum atomic E-state index is 13.7. The highest BCUT2D eigenvalue weighted by Crippen LogP contribution is 2.42. The molecule has 0 unspecified atom stereocenters. The minimum absolute atomic E-state index is 0.541. The number of nitriles is 1. The lowest BCUT2D eigenvalue weighted by molar-refractivity contribution is -0.662. The zero-order chi connectivity index (χ0) is 24.8. The highest BCUT2D eigenvalue weighted by Gasteiger charge is 2.24. The fraction of sp³-hybridized carbons (Fsp3) is 0.0645. The molecule has 0 aliphatic rings. The van der Waals surface area contributed by atoms with E-state index in [1.165, 1.54) is 12.4 Å². The van der Waals surface area contributed by atoms with Gasteiger partial charge in [-0.25, -0.2) is 4.98 Å². The molecule has 0 spiro atoms. The number of furan rings is 1. The number of aromatic nitrogens is 2. The maximum absolute atomic E-state index is 13.7. The van der Waals surface area contributed by atoms with Crippen LogP contribution in [0.3, 0.4) is 0 Å². The first kappa shape index (κ1) is 21.7. The quantitative estimate of drug-likeness (QED) is 0.259. The lowest BCUT2D eigenvalue weighted by Crippen LogP contribution is -2.32. The first-order valence-corrected chi connectivity index (χ1v) is 11.6. The molecule has 0 N–H and O–H groups in total. The van der Waals surface area contributed by atoms with Gasteiger partial charge < -0.3 is 4.42 Å². The molecule has 172 valence electrons. The van der Waals surface area contributed by atoms with Gasteiger partial charge in [-0.2, -0.15) is 14.2 Å². The third kappa shape index (κ3) is 3.43. The van der Waals surface area contributed by atoms with Crippen molar-refractivity contribution in [3.8, 4) is 39.6 Å². The van der Waals surface area contributed by atoms with Gasteiger partial charge >= 0.3 is 0 Å². The van der Waals surface area contributed by atoms with E-state index in [1.54, 1.807) is 11.6 Å². The number of benzene rings is 4. The van der Waals surface area contributed by atoms with Crippen LogP contribution in [0.4, 0.5) is 4.39 Å². The van der Waals surface area contributed by atoms with Crippen LogP contribution in [0.5, 0.6) is 0 Å². The van der Waals surface area contributed by atoms with Crippen LogP contribution in [0.25, 0.3) is 55.4 Å². The summed E-state index contributed by atoms with van der Waals surface area (Å²) in [5.74, 6) is -0.546. The van der Waals surface area contributed by atoms with Crippen molar-refractivity contribution in [2.24, 2.45) is 7.05 Å². The first-order valence-electron chi connectivity index (χ1n) is 11.6. The second-order valence-corrected chi connectivity index (χ2v) is 8.87. The van der Waals surface area contributed by atoms with Crippen LogP contribution < -0.4 is 4.57 Å². The third-order valence-electron chi connectivity index (χ3n) is 6.64. The molecule has 5 heteroatoms. The molecule has 6 aromatic rings. The van der Waals surface area contributed by atoms with Gasteiger partial charge in [0.2, 0.25) is 11.9 Å². The lowest BCUT2D eigenvalue weighted by atomic mass is 9.94. The standard InChI is InChI=1S/C31H21FN3O/c1-19-11-13-24-25-14-12-23(16-33)29(22-10-6-9-21(15-22)20-7-4-3-5-8-20)31(25)36-30(24)28(19)26-17-34-27(32)18-35(26)2/h3-15,17-18H,1-2H3/q+1. The van der Waals surface area contributed by atoms with Gasteiger partial charge in [0.1, 0.15) is 24.4 Å². The second-order valence-electron chi connectivity index (χ2n) is 8.87. The minimum atomic E-state index is -0.546. The van der Waals surface area contributed by atoms with Crippen LogP contribution in [0, 0.1) is 24.2 Å². The van der Waals surface area contributed by atoms with Crippen LogP contribution in [-0.2, 0) is 7.05 Å². The van der Waals surface area contributed by atoms with E-state index >= 15 is 0 Å². The zero-order valence-electron chi connectivity index (χ0n) is 19.8. The Balaban J connectivity index is 1.66. The van der Waals surface area contributed by atoms with Crippen molar-refractivity contribution in [3.05, 3.63) is 108 Å². The Morgan fingerprint density at radius 2 is 1.53 bits per heavy atom. The summed E-state index contributed by atoms with van der Waals surface area (Å²) in [5, 5.41) is 11.9. The molecule has 4 aromatic carbocycles. The fourth-order valence-electron chi connectivity index (χ4n) is 4.90. The molecular weight excluding hydrogens is 449 g/mol. The van der Waals surface area contributed by atoms with Gasteiger partial charge in [0.05, 0.1) is 17.2 Å². The summed E-state index contributed by atoms with van der Waals surface area (Å²) in [6.07, 6.45) is 2.87. The summed E-state index contributed by atoms with van der Waals surface area (Å²) in [7, 11) is 1.79. The number of rotatable bonds is 3. The molecule has 0 radical (unpaired) electrons. The number of hydrogen-bond donors (Lipinski definition) is 0. The largest absolute Gasteiger partial charge is 0.454 e. The Hall–Kier alpha value is -4.82. The molecule has 0 bridgehead atoms. The van der Waals surface area contributed by atoms with Crippen molar-refractivity contribution in [1.82, 2.24) is 4.98 Å². The van der Waals surface area contributed by atoms with E-state index in [9.17, 15) is 9.65 Å². The van der Waals surface area contributed by atoms with Gasteiger partial charge in [-0.05, 0) is 47.4 Å². The van der Waals surface area contributed by atoms with Crippen molar-refractivity contribution in [1.29, 1.82) is 5.26 Å². The normalized spacial score (nSPS) is 11.2. The minimum Gasteiger partial charge on any atom is -0.454 e. The molecule has 0 saturated heterocycles. The SMILES string of the molecule is Cc1ccc2c(oc3c(-c4cccc(-c5ccccc5)c4)c(C#N)ccc32)c1-c1cnc(F)c[n+]1C. The molecule has 0 fully saturated rings. The third-order valence-corrected chi connectivity index (χ3v) is 6.64. The lowest BCUT2D eigenvalue weighted by Gasteiger charge is -2.08. The molecule has 0 saturated carbocycles. The number of halogens is 1. The Morgan fingerprint density at radius 3 is 2.28 bits per heavy atom. The van der Waals surface area contributed by atoms with Crippen molar-refractivity contribution < 1.29 is 13.4 Å². The fourth-order valence-corrected chi connectivity index (χ4v) is 4.90. The Labute approximate surface area is 207 Å². The first-order chi connectivity index (χ1) is 17.5. The zero-order valence-corrected chi connectivity index (χ0v) is 19.8. The van der Waals surface area contributed by atoms with E-state index < -0.39 is 5.95 Å². The average molecular weight is 471 g/mol. The Kier molecular flexibility index (Phi) is 5.09. The molecule has 4 nitrogen and oxygen atoms in total. The van der Waals surface area contributed by atoms with E-state index in [-0.39, 0.29) is 0 Å². The van der Waals surface area contributed by atoms with E-state index in [1.807, 2.05) is 61.5 Å². The van der Waals surface area contributed by atoms with Gasteiger partial charge in [-0.1, -0.05) is 60.7 Å². The molecule has 0 atom stereocenters. The van der Waals surface area contributed by atoms with Crippen molar-refractivity contribution in [2.75, 3.05) is 0 Å². The molecule has 36 heavy (non-hydrogen) atoms. The number of aryl methyl sites for hydroxylation is 2. The molecule has 6 rings (SSSR count). The highest BCUT2D eigenvalue weighted by atomic mass is 19.1. The number of fused-ring (bicyclic) bond motifs is 3. The van der Waals surface area contributed by atoms with Gasteiger partial charge in [0.15, 0.2) is 0 Å². The number of nitrogens with zero attached hydrogens (tertiary/aromatic N) is 3.